The number of hydrogen-bond acceptors (Lipinski definition) is 2. The minimum atomic E-state index is -0.491. The van der Waals surface area contributed by atoms with Gasteiger partial charge in [-0.25, -0.2) is 14.2 Å². The fourth-order valence-corrected chi connectivity index (χ4v) is 1.85. The Morgan fingerprint density at radius 2 is 1.95 bits per heavy atom. The van der Waals surface area contributed by atoms with Crippen LogP contribution in [-0.4, -0.2) is 16.0 Å². The minimum absolute atomic E-state index is 0.333. The van der Waals surface area contributed by atoms with E-state index in [2.05, 4.69) is 20.6 Å². The van der Waals surface area contributed by atoms with Gasteiger partial charge in [-0.1, -0.05) is 18.2 Å². The first kappa shape index (κ1) is 12.2. The number of carbonyl (C=O) groups excluding carboxylic acids is 1. The molecule has 2 amide bonds. The molecule has 3 rings (SSSR count). The zero-order valence-corrected chi connectivity index (χ0v) is 10.4. The van der Waals surface area contributed by atoms with Gasteiger partial charge in [0.15, 0.2) is 0 Å². The Labute approximate surface area is 113 Å². The minimum Gasteiger partial charge on any atom is -0.324 e. The molecule has 0 unspecified atom stereocenters. The SMILES string of the molecule is O=C(Nc1cccc(F)c1)Nc1nc2ccccc2[nH]1. The summed E-state index contributed by atoms with van der Waals surface area (Å²) >= 11 is 0. The van der Waals surface area contributed by atoms with Gasteiger partial charge in [0.2, 0.25) is 5.95 Å². The third kappa shape index (κ3) is 2.59. The van der Waals surface area contributed by atoms with E-state index in [9.17, 15) is 9.18 Å². The smallest absolute Gasteiger partial charge is 0.324 e. The number of fused-ring (bicyclic) bond motifs is 1. The molecule has 0 saturated carbocycles. The molecule has 0 saturated heterocycles. The maximum Gasteiger partial charge on any atom is 0.326 e. The molecule has 3 N–H and O–H groups in total. The standard InChI is InChI=1S/C14H11FN4O/c15-9-4-3-5-10(8-9)16-14(20)19-13-17-11-6-1-2-7-12(11)18-13/h1-8H,(H3,16,17,18,19,20). The van der Waals surface area contributed by atoms with Gasteiger partial charge >= 0.3 is 6.03 Å². The Bertz CT molecular complexity index is 735. The van der Waals surface area contributed by atoms with E-state index in [0.717, 1.165) is 11.0 Å². The van der Waals surface area contributed by atoms with Crippen molar-refractivity contribution in [1.82, 2.24) is 9.97 Å². The number of para-hydroxylation sites is 2. The number of hydrogen-bond donors (Lipinski definition) is 3. The Morgan fingerprint density at radius 1 is 1.10 bits per heavy atom. The molecule has 0 aliphatic heterocycles. The molecular weight excluding hydrogens is 259 g/mol. The van der Waals surface area contributed by atoms with Crippen molar-refractivity contribution in [3.63, 3.8) is 0 Å². The quantitative estimate of drug-likeness (QED) is 0.668. The number of rotatable bonds is 2. The summed E-state index contributed by atoms with van der Waals surface area (Å²) in [7, 11) is 0. The Kier molecular flexibility index (Phi) is 3.04. The van der Waals surface area contributed by atoms with E-state index in [4.69, 9.17) is 0 Å². The van der Waals surface area contributed by atoms with Crippen molar-refractivity contribution >= 4 is 28.7 Å². The van der Waals surface area contributed by atoms with Crippen LogP contribution in [0.4, 0.5) is 20.8 Å². The van der Waals surface area contributed by atoms with Gasteiger partial charge in [-0.2, -0.15) is 0 Å². The highest BCUT2D eigenvalue weighted by molar-refractivity contribution is 5.99. The van der Waals surface area contributed by atoms with Gasteiger partial charge in [-0.3, -0.25) is 5.32 Å². The Hall–Kier alpha value is -2.89. The highest BCUT2D eigenvalue weighted by Gasteiger charge is 2.07. The molecule has 0 aliphatic carbocycles. The van der Waals surface area contributed by atoms with E-state index in [0.29, 0.717) is 11.6 Å². The van der Waals surface area contributed by atoms with E-state index in [1.165, 1.54) is 18.2 Å². The van der Waals surface area contributed by atoms with Crippen molar-refractivity contribution in [3.8, 4) is 0 Å². The van der Waals surface area contributed by atoms with Crippen LogP contribution in [0.3, 0.4) is 0 Å². The average molecular weight is 270 g/mol. The highest BCUT2D eigenvalue weighted by atomic mass is 19.1. The van der Waals surface area contributed by atoms with Crippen molar-refractivity contribution in [2.75, 3.05) is 10.6 Å². The van der Waals surface area contributed by atoms with E-state index in [1.54, 1.807) is 6.07 Å². The van der Waals surface area contributed by atoms with Gasteiger partial charge in [0.1, 0.15) is 5.82 Å². The first-order valence-electron chi connectivity index (χ1n) is 5.99. The molecule has 0 radical (unpaired) electrons. The van der Waals surface area contributed by atoms with Crippen LogP contribution >= 0.6 is 0 Å². The number of imidazole rings is 1. The number of carbonyl (C=O) groups is 1. The van der Waals surface area contributed by atoms with Crippen molar-refractivity contribution in [2.45, 2.75) is 0 Å². The lowest BCUT2D eigenvalue weighted by Gasteiger charge is -2.05. The molecular formula is C14H11FN4O. The number of halogens is 1. The first-order valence-corrected chi connectivity index (χ1v) is 5.99. The summed E-state index contributed by atoms with van der Waals surface area (Å²) in [5, 5.41) is 5.09. The third-order valence-corrected chi connectivity index (χ3v) is 2.70. The second kappa shape index (κ2) is 5.00. The molecule has 0 bridgehead atoms. The molecule has 0 aliphatic rings. The summed E-state index contributed by atoms with van der Waals surface area (Å²) in [5.41, 5.74) is 1.96. The Balaban J connectivity index is 1.72. The molecule has 100 valence electrons. The van der Waals surface area contributed by atoms with Crippen LogP contribution < -0.4 is 10.6 Å². The molecule has 0 atom stereocenters. The van der Waals surface area contributed by atoms with Crippen LogP contribution in [0, 0.1) is 5.82 Å². The zero-order valence-electron chi connectivity index (χ0n) is 10.4. The normalized spacial score (nSPS) is 10.4. The van der Waals surface area contributed by atoms with Crippen molar-refractivity contribution in [2.24, 2.45) is 0 Å². The fraction of sp³-hybridized carbons (Fsp3) is 0. The number of urea groups is 1. The average Bonchev–Trinajstić information content (AvgIpc) is 2.80. The maximum atomic E-state index is 13.0. The third-order valence-electron chi connectivity index (χ3n) is 2.70. The largest absolute Gasteiger partial charge is 0.326 e. The molecule has 0 spiro atoms. The molecule has 6 heteroatoms. The number of H-pyrrole nitrogens is 1. The van der Waals surface area contributed by atoms with Gasteiger partial charge in [0.25, 0.3) is 0 Å². The van der Waals surface area contributed by atoms with Crippen molar-refractivity contribution < 1.29 is 9.18 Å². The zero-order chi connectivity index (χ0) is 13.9. The van der Waals surface area contributed by atoms with E-state index in [-0.39, 0.29) is 0 Å². The second-order valence-corrected chi connectivity index (χ2v) is 4.19. The summed E-state index contributed by atoms with van der Waals surface area (Å²) in [5.74, 6) is -0.0772. The number of nitrogens with one attached hydrogen (secondary N) is 3. The molecule has 5 nitrogen and oxygen atoms in total. The molecule has 3 aromatic rings. The number of aromatic nitrogens is 2. The first-order chi connectivity index (χ1) is 9.70. The van der Waals surface area contributed by atoms with E-state index < -0.39 is 11.8 Å². The van der Waals surface area contributed by atoms with Crippen LogP contribution in [0.25, 0.3) is 11.0 Å². The lowest BCUT2D eigenvalue weighted by Crippen LogP contribution is -2.20. The summed E-state index contributed by atoms with van der Waals surface area (Å²) in [6, 6.07) is 12.6. The number of nitrogens with zero attached hydrogens (tertiary/aromatic N) is 1. The van der Waals surface area contributed by atoms with Gasteiger partial charge in [-0.15, -0.1) is 0 Å². The van der Waals surface area contributed by atoms with Crippen molar-refractivity contribution in [3.05, 3.63) is 54.3 Å². The predicted molar refractivity (Wildman–Crippen MR) is 75.1 cm³/mol. The van der Waals surface area contributed by atoms with Crippen LogP contribution in [0.5, 0.6) is 0 Å². The highest BCUT2D eigenvalue weighted by Crippen LogP contribution is 2.14. The van der Waals surface area contributed by atoms with Crippen molar-refractivity contribution in [1.29, 1.82) is 0 Å². The summed E-state index contributed by atoms with van der Waals surface area (Å²) < 4.78 is 13.0. The summed E-state index contributed by atoms with van der Waals surface area (Å²) in [6.45, 7) is 0. The molecule has 1 aromatic heterocycles. The number of benzene rings is 2. The number of anilines is 2. The monoisotopic (exact) mass is 270 g/mol. The lowest BCUT2D eigenvalue weighted by atomic mass is 10.3. The topological polar surface area (TPSA) is 69.8 Å². The number of amides is 2. The Morgan fingerprint density at radius 3 is 2.75 bits per heavy atom. The molecule has 1 heterocycles. The van der Waals surface area contributed by atoms with E-state index >= 15 is 0 Å². The van der Waals surface area contributed by atoms with Gasteiger partial charge in [-0.05, 0) is 30.3 Å². The van der Waals surface area contributed by atoms with Gasteiger partial charge in [0, 0.05) is 5.69 Å². The maximum absolute atomic E-state index is 13.0. The molecule has 20 heavy (non-hydrogen) atoms. The molecule has 2 aromatic carbocycles. The predicted octanol–water partition coefficient (Wildman–Crippen LogP) is 3.35. The fourth-order valence-electron chi connectivity index (χ4n) is 1.85. The van der Waals surface area contributed by atoms with Crippen LogP contribution in [-0.2, 0) is 0 Å². The summed E-state index contributed by atoms with van der Waals surface area (Å²) in [6.07, 6.45) is 0. The van der Waals surface area contributed by atoms with Gasteiger partial charge < -0.3 is 10.3 Å². The number of aromatic amines is 1. The van der Waals surface area contributed by atoms with Crippen LogP contribution in [0.15, 0.2) is 48.5 Å². The summed E-state index contributed by atoms with van der Waals surface area (Å²) in [4.78, 5) is 18.9. The van der Waals surface area contributed by atoms with E-state index in [1.807, 2.05) is 24.3 Å². The molecule has 0 fully saturated rings. The van der Waals surface area contributed by atoms with Gasteiger partial charge in [0.05, 0.1) is 11.0 Å². The lowest BCUT2D eigenvalue weighted by molar-refractivity contribution is 0.262. The van der Waals surface area contributed by atoms with Crippen LogP contribution in [0.2, 0.25) is 0 Å². The second-order valence-electron chi connectivity index (χ2n) is 4.19. The van der Waals surface area contributed by atoms with Crippen LogP contribution in [0.1, 0.15) is 0 Å².